The Morgan fingerprint density at radius 2 is 1.82 bits per heavy atom. The topological polar surface area (TPSA) is 92.5 Å². The van der Waals surface area contributed by atoms with Crippen LogP contribution in [0.1, 0.15) is 19.4 Å². The van der Waals surface area contributed by atoms with Crippen molar-refractivity contribution in [2.75, 3.05) is 20.1 Å². The van der Waals surface area contributed by atoms with E-state index in [-0.39, 0.29) is 29.8 Å². The van der Waals surface area contributed by atoms with Crippen molar-refractivity contribution >= 4 is 15.9 Å². The van der Waals surface area contributed by atoms with Crippen molar-refractivity contribution in [1.29, 1.82) is 0 Å². The van der Waals surface area contributed by atoms with E-state index in [2.05, 4.69) is 4.72 Å². The minimum Gasteiger partial charge on any atom is -0.343 e. The van der Waals surface area contributed by atoms with Gasteiger partial charge in [0.25, 0.3) is 0 Å². The highest BCUT2D eigenvalue weighted by Gasteiger charge is 2.21. The van der Waals surface area contributed by atoms with Crippen LogP contribution in [0, 0.1) is 12.8 Å². The van der Waals surface area contributed by atoms with Crippen molar-refractivity contribution in [3.05, 3.63) is 29.8 Å². The second-order valence-corrected chi connectivity index (χ2v) is 7.51. The molecule has 1 rings (SSSR count). The second-order valence-electron chi connectivity index (χ2n) is 5.74. The first-order valence-electron chi connectivity index (χ1n) is 7.22. The zero-order valence-corrected chi connectivity index (χ0v) is 14.4. The minimum absolute atomic E-state index is 0.0409. The summed E-state index contributed by atoms with van der Waals surface area (Å²) in [4.78, 5) is 13.6. The van der Waals surface area contributed by atoms with Crippen molar-refractivity contribution in [2.45, 2.75) is 31.7 Å². The molecular formula is C15H25N3O3S. The highest BCUT2D eigenvalue weighted by Crippen LogP contribution is 2.09. The average Bonchev–Trinajstić information content (AvgIpc) is 2.45. The lowest BCUT2D eigenvalue weighted by Gasteiger charge is -2.23. The van der Waals surface area contributed by atoms with Gasteiger partial charge in [-0.3, -0.25) is 4.79 Å². The molecule has 0 spiro atoms. The van der Waals surface area contributed by atoms with E-state index in [0.29, 0.717) is 0 Å². The van der Waals surface area contributed by atoms with Crippen LogP contribution < -0.4 is 10.5 Å². The molecule has 0 unspecified atom stereocenters. The number of nitrogens with zero attached hydrogens (tertiary/aromatic N) is 1. The quantitative estimate of drug-likeness (QED) is 0.771. The molecule has 0 fully saturated rings. The Morgan fingerprint density at radius 1 is 1.27 bits per heavy atom. The van der Waals surface area contributed by atoms with Crippen molar-refractivity contribution in [1.82, 2.24) is 9.62 Å². The third-order valence-corrected chi connectivity index (χ3v) is 4.93. The van der Waals surface area contributed by atoms with Gasteiger partial charge in [-0.25, -0.2) is 13.1 Å². The first kappa shape index (κ1) is 18.6. The van der Waals surface area contributed by atoms with Gasteiger partial charge in [0, 0.05) is 20.1 Å². The maximum atomic E-state index is 12.1. The number of aryl methyl sites for hydroxylation is 1. The van der Waals surface area contributed by atoms with Gasteiger partial charge in [0.1, 0.15) is 0 Å². The Balaban J connectivity index is 2.56. The van der Waals surface area contributed by atoms with Crippen molar-refractivity contribution in [3.63, 3.8) is 0 Å². The third-order valence-electron chi connectivity index (χ3n) is 3.45. The molecule has 1 amide bonds. The summed E-state index contributed by atoms with van der Waals surface area (Å²) in [5.41, 5.74) is 6.79. The van der Waals surface area contributed by atoms with Gasteiger partial charge >= 0.3 is 0 Å². The van der Waals surface area contributed by atoms with Gasteiger partial charge in [-0.2, -0.15) is 0 Å². The molecule has 0 aromatic heterocycles. The molecule has 3 N–H and O–H groups in total. The smallest absolute Gasteiger partial charge is 0.240 e. The lowest BCUT2D eigenvalue weighted by Crippen LogP contribution is -2.47. The van der Waals surface area contributed by atoms with Crippen molar-refractivity contribution in [3.8, 4) is 0 Å². The summed E-state index contributed by atoms with van der Waals surface area (Å²) in [5.74, 6) is -0.149. The van der Waals surface area contributed by atoms with Crippen LogP contribution in [0.3, 0.4) is 0 Å². The molecular weight excluding hydrogens is 302 g/mol. The van der Waals surface area contributed by atoms with Gasteiger partial charge in [0.05, 0.1) is 10.9 Å². The van der Waals surface area contributed by atoms with Gasteiger partial charge in [-0.1, -0.05) is 31.5 Å². The molecule has 1 atom stereocenters. The molecule has 6 nitrogen and oxygen atoms in total. The van der Waals surface area contributed by atoms with Crippen LogP contribution in [0.2, 0.25) is 0 Å². The van der Waals surface area contributed by atoms with Gasteiger partial charge in [0.2, 0.25) is 15.9 Å². The number of nitrogens with one attached hydrogen (secondary N) is 1. The van der Waals surface area contributed by atoms with E-state index in [0.717, 1.165) is 5.56 Å². The van der Waals surface area contributed by atoms with E-state index in [1.807, 2.05) is 20.8 Å². The van der Waals surface area contributed by atoms with Crippen LogP contribution in [0.15, 0.2) is 29.2 Å². The average molecular weight is 327 g/mol. The van der Waals surface area contributed by atoms with E-state index in [4.69, 9.17) is 5.73 Å². The Hall–Kier alpha value is -1.44. The summed E-state index contributed by atoms with van der Waals surface area (Å²) in [7, 11) is -1.94. The number of benzene rings is 1. The Kier molecular flexibility index (Phi) is 6.52. The molecule has 0 aliphatic carbocycles. The first-order chi connectivity index (χ1) is 10.1. The molecule has 1 aromatic carbocycles. The summed E-state index contributed by atoms with van der Waals surface area (Å²) in [5, 5.41) is 0. The van der Waals surface area contributed by atoms with Crippen LogP contribution in [0.25, 0.3) is 0 Å². The zero-order chi connectivity index (χ0) is 16.9. The summed E-state index contributed by atoms with van der Waals surface area (Å²) >= 11 is 0. The summed E-state index contributed by atoms with van der Waals surface area (Å²) < 4.78 is 26.7. The molecule has 7 heteroatoms. The fourth-order valence-electron chi connectivity index (χ4n) is 1.80. The largest absolute Gasteiger partial charge is 0.343 e. The number of sulfonamides is 1. The third kappa shape index (κ3) is 5.08. The Labute approximate surface area is 132 Å². The number of carbonyl (C=O) groups is 1. The Bertz CT molecular complexity index is 597. The van der Waals surface area contributed by atoms with Gasteiger partial charge < -0.3 is 10.6 Å². The summed E-state index contributed by atoms with van der Waals surface area (Å²) in [6.07, 6.45) is 0. The normalized spacial score (nSPS) is 13.2. The minimum atomic E-state index is -3.55. The Morgan fingerprint density at radius 3 is 2.32 bits per heavy atom. The molecule has 0 saturated carbocycles. The number of carbonyl (C=O) groups excluding carboxylic acids is 1. The molecule has 0 aliphatic heterocycles. The van der Waals surface area contributed by atoms with Gasteiger partial charge in [0.15, 0.2) is 0 Å². The molecule has 0 bridgehead atoms. The number of hydrogen-bond donors (Lipinski definition) is 2. The van der Waals surface area contributed by atoms with Crippen LogP contribution >= 0.6 is 0 Å². The lowest BCUT2D eigenvalue weighted by atomic mass is 10.0. The van der Waals surface area contributed by atoms with Gasteiger partial charge in [-0.05, 0) is 25.0 Å². The van der Waals surface area contributed by atoms with Crippen molar-refractivity contribution < 1.29 is 13.2 Å². The molecule has 1 aromatic rings. The molecule has 0 aliphatic rings. The molecule has 22 heavy (non-hydrogen) atoms. The van der Waals surface area contributed by atoms with E-state index in [1.54, 1.807) is 31.3 Å². The number of nitrogens with two attached hydrogens (primary N) is 1. The number of amides is 1. The summed E-state index contributed by atoms with van der Waals surface area (Å²) in [6.45, 7) is 6.04. The molecule has 124 valence electrons. The number of rotatable bonds is 7. The number of likely N-dealkylation sites (N-methyl/N-ethyl adjacent to an activating group) is 1. The first-order valence-corrected chi connectivity index (χ1v) is 8.70. The number of hydrogen-bond acceptors (Lipinski definition) is 4. The fourth-order valence-corrected chi connectivity index (χ4v) is 2.82. The van der Waals surface area contributed by atoms with E-state index >= 15 is 0 Å². The SMILES string of the molecule is Cc1ccc(S(=O)(=O)NCCN(C)C(=O)[C@@H](N)C(C)C)cc1. The molecule has 0 heterocycles. The highest BCUT2D eigenvalue weighted by molar-refractivity contribution is 7.89. The van der Waals surface area contributed by atoms with Crippen LogP contribution in [-0.2, 0) is 14.8 Å². The highest BCUT2D eigenvalue weighted by atomic mass is 32.2. The van der Waals surface area contributed by atoms with Gasteiger partial charge in [-0.15, -0.1) is 0 Å². The fraction of sp³-hybridized carbons (Fsp3) is 0.533. The maximum Gasteiger partial charge on any atom is 0.240 e. The zero-order valence-electron chi connectivity index (χ0n) is 13.5. The monoisotopic (exact) mass is 327 g/mol. The predicted octanol–water partition coefficient (Wildman–Crippen LogP) is 0.715. The van der Waals surface area contributed by atoms with E-state index in [9.17, 15) is 13.2 Å². The maximum absolute atomic E-state index is 12.1. The molecule has 0 saturated heterocycles. The van der Waals surface area contributed by atoms with Crippen molar-refractivity contribution in [2.24, 2.45) is 11.7 Å². The predicted molar refractivity (Wildman–Crippen MR) is 86.8 cm³/mol. The standard InChI is InChI=1S/C15H25N3O3S/c1-11(2)14(16)15(19)18(4)10-9-17-22(20,21)13-7-5-12(3)6-8-13/h5-8,11,14,17H,9-10,16H2,1-4H3/t14-/m0/s1. The van der Waals surface area contributed by atoms with E-state index in [1.165, 1.54) is 4.90 Å². The summed E-state index contributed by atoms with van der Waals surface area (Å²) in [6, 6.07) is 6.03. The van der Waals surface area contributed by atoms with E-state index < -0.39 is 16.1 Å². The van der Waals surface area contributed by atoms with Crippen LogP contribution in [0.4, 0.5) is 0 Å². The molecule has 0 radical (unpaired) electrons. The lowest BCUT2D eigenvalue weighted by molar-refractivity contribution is -0.132. The second kappa shape index (κ2) is 7.71. The van der Waals surface area contributed by atoms with Crippen LogP contribution in [-0.4, -0.2) is 45.4 Å². The van der Waals surface area contributed by atoms with Crippen LogP contribution in [0.5, 0.6) is 0 Å².